The molecule has 0 aliphatic heterocycles. The van der Waals surface area contributed by atoms with Crippen LogP contribution in [0.25, 0.3) is 27.6 Å². The van der Waals surface area contributed by atoms with Crippen molar-refractivity contribution in [1.29, 1.82) is 10.5 Å². The number of rotatable bonds is 9. The summed E-state index contributed by atoms with van der Waals surface area (Å²) in [6.07, 6.45) is 4.22. The average Bonchev–Trinajstić information content (AvgIpc) is 3.00. The number of nitrogens with zero attached hydrogens (tertiary/aromatic N) is 2. The number of ether oxygens (including phenoxy) is 6. The smallest absolute Gasteiger partial charge is 0.168 e. The van der Waals surface area contributed by atoms with E-state index in [0.717, 1.165) is 38.4 Å². The van der Waals surface area contributed by atoms with Gasteiger partial charge in [0, 0.05) is 28.8 Å². The Hall–Kier alpha value is -5.08. The number of allylic oxidation sites excluding steroid dienone is 1. The standard InChI is InChI=1S/C16H17NO3.C16H15NO3/c2*1-18-14-7-6-11-10-15(19-2)12(5-4-8-17)9-13(11)16(14)20-3/h6-7,9-10H,4-5H2,1-3H3;4-7,9-10H,1-3H3. The van der Waals surface area contributed by atoms with Crippen LogP contribution in [0.2, 0.25) is 0 Å². The molecule has 4 rings (SSSR count). The van der Waals surface area contributed by atoms with Crippen molar-refractivity contribution in [2.45, 2.75) is 12.8 Å². The summed E-state index contributed by atoms with van der Waals surface area (Å²) in [5, 5.41) is 21.3. The zero-order chi connectivity index (χ0) is 29.1. The van der Waals surface area contributed by atoms with Gasteiger partial charge in [-0.15, -0.1) is 0 Å². The fourth-order valence-electron chi connectivity index (χ4n) is 4.42. The summed E-state index contributed by atoms with van der Waals surface area (Å²) in [6, 6.07) is 19.6. The van der Waals surface area contributed by atoms with Crippen LogP contribution in [0.15, 0.2) is 54.6 Å². The van der Waals surface area contributed by atoms with Crippen LogP contribution >= 0.6 is 0 Å². The van der Waals surface area contributed by atoms with Gasteiger partial charge in [0.2, 0.25) is 0 Å². The first-order valence-corrected chi connectivity index (χ1v) is 12.4. The zero-order valence-corrected chi connectivity index (χ0v) is 23.5. The van der Waals surface area contributed by atoms with E-state index in [-0.39, 0.29) is 0 Å². The highest BCUT2D eigenvalue weighted by Gasteiger charge is 2.13. The molecule has 0 bridgehead atoms. The Morgan fingerprint density at radius 3 is 1.62 bits per heavy atom. The van der Waals surface area contributed by atoms with Crippen LogP contribution < -0.4 is 28.4 Å². The maximum absolute atomic E-state index is 8.75. The summed E-state index contributed by atoms with van der Waals surface area (Å²) in [5.41, 5.74) is 1.81. The molecule has 0 fully saturated rings. The first-order chi connectivity index (χ1) is 19.5. The number of aryl methyl sites for hydroxylation is 1. The number of nitriles is 2. The summed E-state index contributed by atoms with van der Waals surface area (Å²) < 4.78 is 32.2. The van der Waals surface area contributed by atoms with Gasteiger partial charge in [-0.05, 0) is 65.2 Å². The summed E-state index contributed by atoms with van der Waals surface area (Å²) in [5.74, 6) is 4.22. The second kappa shape index (κ2) is 14.2. The van der Waals surface area contributed by atoms with Crippen molar-refractivity contribution in [3.05, 3.63) is 65.7 Å². The number of benzene rings is 4. The molecule has 40 heavy (non-hydrogen) atoms. The van der Waals surface area contributed by atoms with Crippen molar-refractivity contribution in [3.8, 4) is 46.6 Å². The van der Waals surface area contributed by atoms with Gasteiger partial charge in [0.15, 0.2) is 23.0 Å². The highest BCUT2D eigenvalue weighted by Crippen LogP contribution is 2.40. The Bertz CT molecular complexity index is 1600. The van der Waals surface area contributed by atoms with Crippen LogP contribution in [-0.4, -0.2) is 42.7 Å². The summed E-state index contributed by atoms with van der Waals surface area (Å²) in [4.78, 5) is 0. The molecule has 206 valence electrons. The van der Waals surface area contributed by atoms with E-state index < -0.39 is 0 Å². The largest absolute Gasteiger partial charge is 0.496 e. The van der Waals surface area contributed by atoms with E-state index in [9.17, 15) is 0 Å². The third-order valence-corrected chi connectivity index (χ3v) is 6.31. The second-order valence-corrected chi connectivity index (χ2v) is 8.42. The van der Waals surface area contributed by atoms with Crippen LogP contribution in [0.4, 0.5) is 0 Å². The first-order valence-electron chi connectivity index (χ1n) is 12.4. The van der Waals surface area contributed by atoms with Gasteiger partial charge in [0.1, 0.15) is 11.5 Å². The number of hydrogen-bond donors (Lipinski definition) is 0. The van der Waals surface area contributed by atoms with Crippen molar-refractivity contribution in [3.63, 3.8) is 0 Å². The molecular formula is C32H32N2O6. The van der Waals surface area contributed by atoms with E-state index >= 15 is 0 Å². The Kier molecular flexibility index (Phi) is 10.4. The molecule has 0 unspecified atom stereocenters. The third kappa shape index (κ3) is 6.31. The minimum Gasteiger partial charge on any atom is -0.496 e. The molecule has 0 aliphatic rings. The molecule has 4 aromatic carbocycles. The number of hydrogen-bond acceptors (Lipinski definition) is 8. The molecule has 8 heteroatoms. The van der Waals surface area contributed by atoms with Gasteiger partial charge in [-0.25, -0.2) is 0 Å². The molecule has 0 saturated heterocycles. The number of methoxy groups -OCH3 is 6. The molecule has 0 N–H and O–H groups in total. The van der Waals surface area contributed by atoms with E-state index in [2.05, 4.69) is 6.07 Å². The summed E-state index contributed by atoms with van der Waals surface area (Å²) in [6.45, 7) is 0. The van der Waals surface area contributed by atoms with E-state index in [1.807, 2.05) is 54.6 Å². The van der Waals surface area contributed by atoms with Crippen LogP contribution in [0.1, 0.15) is 17.5 Å². The van der Waals surface area contributed by atoms with Gasteiger partial charge in [0.25, 0.3) is 0 Å². The quantitative estimate of drug-likeness (QED) is 0.216. The Morgan fingerprint density at radius 2 is 1.15 bits per heavy atom. The van der Waals surface area contributed by atoms with E-state index in [1.54, 1.807) is 48.7 Å². The maximum atomic E-state index is 8.75. The Balaban J connectivity index is 0.000000220. The molecule has 0 atom stereocenters. The Morgan fingerprint density at radius 1 is 0.625 bits per heavy atom. The molecule has 0 aliphatic carbocycles. The predicted octanol–water partition coefficient (Wildman–Crippen LogP) is 6.72. The first kappa shape index (κ1) is 29.5. The molecule has 0 amide bonds. The maximum Gasteiger partial charge on any atom is 0.168 e. The van der Waals surface area contributed by atoms with Gasteiger partial charge in [-0.3, -0.25) is 0 Å². The minimum absolute atomic E-state index is 0.453. The monoisotopic (exact) mass is 540 g/mol. The molecule has 0 aromatic heterocycles. The van der Waals surface area contributed by atoms with Gasteiger partial charge in [0.05, 0.1) is 54.8 Å². The van der Waals surface area contributed by atoms with Crippen molar-refractivity contribution < 1.29 is 28.4 Å². The third-order valence-electron chi connectivity index (χ3n) is 6.31. The second-order valence-electron chi connectivity index (χ2n) is 8.42. The normalized spacial score (nSPS) is 10.3. The summed E-state index contributed by atoms with van der Waals surface area (Å²) >= 11 is 0. The average molecular weight is 541 g/mol. The fraction of sp³-hybridized carbons (Fsp3) is 0.250. The van der Waals surface area contributed by atoms with Crippen LogP contribution in [0, 0.1) is 22.7 Å². The highest BCUT2D eigenvalue weighted by molar-refractivity contribution is 5.94. The number of fused-ring (bicyclic) bond motifs is 2. The Labute approximate surface area is 234 Å². The van der Waals surface area contributed by atoms with Crippen molar-refractivity contribution in [2.24, 2.45) is 0 Å². The minimum atomic E-state index is 0.453. The molecule has 0 spiro atoms. The van der Waals surface area contributed by atoms with Crippen LogP contribution in [0.5, 0.6) is 34.5 Å². The van der Waals surface area contributed by atoms with Gasteiger partial charge in [-0.2, -0.15) is 10.5 Å². The molecule has 0 heterocycles. The van der Waals surface area contributed by atoms with Gasteiger partial charge >= 0.3 is 0 Å². The van der Waals surface area contributed by atoms with Crippen LogP contribution in [0.3, 0.4) is 0 Å². The van der Waals surface area contributed by atoms with Crippen molar-refractivity contribution in [2.75, 3.05) is 42.7 Å². The lowest BCUT2D eigenvalue weighted by Crippen LogP contribution is -1.95. The lowest BCUT2D eigenvalue weighted by molar-refractivity contribution is 0.358. The molecule has 0 saturated carbocycles. The molecule has 4 aromatic rings. The van der Waals surface area contributed by atoms with Crippen LogP contribution in [-0.2, 0) is 6.42 Å². The highest BCUT2D eigenvalue weighted by atomic mass is 16.5. The SMILES string of the molecule is COc1cc2ccc(OC)c(OC)c2cc1C=CC#N.COc1cc2ccc(OC)c(OC)c2cc1CCC#N. The fourth-order valence-corrected chi connectivity index (χ4v) is 4.42. The van der Waals surface area contributed by atoms with Crippen molar-refractivity contribution >= 4 is 27.6 Å². The lowest BCUT2D eigenvalue weighted by atomic mass is 10.0. The van der Waals surface area contributed by atoms with Crippen molar-refractivity contribution in [1.82, 2.24) is 0 Å². The van der Waals surface area contributed by atoms with E-state index in [1.165, 1.54) is 6.08 Å². The van der Waals surface area contributed by atoms with Gasteiger partial charge in [-0.1, -0.05) is 12.1 Å². The molecule has 8 nitrogen and oxygen atoms in total. The van der Waals surface area contributed by atoms with E-state index in [0.29, 0.717) is 41.6 Å². The summed E-state index contributed by atoms with van der Waals surface area (Å²) in [7, 11) is 9.68. The molecule has 0 radical (unpaired) electrons. The molecular weight excluding hydrogens is 508 g/mol. The van der Waals surface area contributed by atoms with Gasteiger partial charge < -0.3 is 28.4 Å². The lowest BCUT2D eigenvalue weighted by Gasteiger charge is -2.14. The topological polar surface area (TPSA) is 103 Å². The van der Waals surface area contributed by atoms with E-state index in [4.69, 9.17) is 38.9 Å². The zero-order valence-electron chi connectivity index (χ0n) is 23.5. The predicted molar refractivity (Wildman–Crippen MR) is 156 cm³/mol.